The number of pyridine rings is 1. The number of carbonyl (C=O) groups is 2. The summed E-state index contributed by atoms with van der Waals surface area (Å²) in [6, 6.07) is 9.03. The summed E-state index contributed by atoms with van der Waals surface area (Å²) in [7, 11) is 0. The molecule has 5 aliphatic rings. The normalized spacial score (nSPS) is 40.5. The zero-order valence-corrected chi connectivity index (χ0v) is 23.9. The SMILES string of the molecule is CC1=CC23C(=O)[C@@H](C=C4COC(C)(C)O[C@H]4[C@]2(O)[C@H]1OC(=O)c1ccnc2ccccc12)[C@H]1[C@@H](CC3C)C1(C)C. The molecule has 7 nitrogen and oxygen atoms in total. The van der Waals surface area contributed by atoms with E-state index in [0.717, 1.165) is 12.0 Å². The molecule has 40 heavy (non-hydrogen) atoms. The van der Waals surface area contributed by atoms with Gasteiger partial charge in [0, 0.05) is 17.5 Å². The van der Waals surface area contributed by atoms with Crippen molar-refractivity contribution >= 4 is 22.7 Å². The zero-order chi connectivity index (χ0) is 28.4. The zero-order valence-electron chi connectivity index (χ0n) is 23.9. The molecule has 2 bridgehead atoms. The number of carbonyl (C=O) groups excluding carboxylic acids is 2. The smallest absolute Gasteiger partial charge is 0.339 e. The molecule has 0 amide bonds. The van der Waals surface area contributed by atoms with E-state index in [0.29, 0.717) is 28.0 Å². The lowest BCUT2D eigenvalue weighted by atomic mass is 9.59. The van der Waals surface area contributed by atoms with Gasteiger partial charge in [-0.25, -0.2) is 4.79 Å². The molecule has 1 aromatic carbocycles. The van der Waals surface area contributed by atoms with Gasteiger partial charge in [-0.2, -0.15) is 0 Å². The molecule has 1 saturated heterocycles. The number of hydrogen-bond donors (Lipinski definition) is 1. The van der Waals surface area contributed by atoms with Gasteiger partial charge in [0.2, 0.25) is 0 Å². The van der Waals surface area contributed by atoms with E-state index >= 15 is 0 Å². The lowest BCUT2D eigenvalue weighted by molar-refractivity contribution is -0.302. The maximum atomic E-state index is 14.8. The number of fused-ring (bicyclic) bond motifs is 6. The Kier molecular flexibility index (Phi) is 5.29. The van der Waals surface area contributed by atoms with E-state index in [1.807, 2.05) is 57.2 Å². The second-order valence-corrected chi connectivity index (χ2v) is 13.7. The summed E-state index contributed by atoms with van der Waals surface area (Å²) >= 11 is 0. The van der Waals surface area contributed by atoms with E-state index < -0.39 is 35.0 Å². The summed E-state index contributed by atoms with van der Waals surface area (Å²) in [5.74, 6) is -1.57. The Bertz CT molecular complexity index is 1520. The highest BCUT2D eigenvalue weighted by atomic mass is 16.7. The number of Topliss-reactive ketones (excluding diaryl/α,β-unsaturated/α-hetero) is 1. The average molecular weight is 544 g/mol. The Morgan fingerprint density at radius 3 is 2.67 bits per heavy atom. The molecule has 2 saturated carbocycles. The molecular weight excluding hydrogens is 506 g/mol. The van der Waals surface area contributed by atoms with Gasteiger partial charge in [-0.15, -0.1) is 0 Å². The van der Waals surface area contributed by atoms with Crippen LogP contribution in [0.15, 0.2) is 59.8 Å². The van der Waals surface area contributed by atoms with Gasteiger partial charge in [-0.1, -0.05) is 51.1 Å². The number of hydrogen-bond acceptors (Lipinski definition) is 7. The van der Waals surface area contributed by atoms with Crippen LogP contribution in [0.3, 0.4) is 0 Å². The number of rotatable bonds is 2. The highest BCUT2D eigenvalue weighted by Crippen LogP contribution is 2.72. The molecule has 210 valence electrons. The van der Waals surface area contributed by atoms with Crippen molar-refractivity contribution in [3.05, 3.63) is 65.4 Å². The highest BCUT2D eigenvalue weighted by molar-refractivity contribution is 6.03. The molecule has 2 unspecified atom stereocenters. The topological polar surface area (TPSA) is 95.0 Å². The van der Waals surface area contributed by atoms with Gasteiger partial charge in [-0.05, 0) is 73.6 Å². The Morgan fingerprint density at radius 1 is 1.15 bits per heavy atom. The minimum atomic E-state index is -1.84. The average Bonchev–Trinajstić information content (AvgIpc) is 3.40. The summed E-state index contributed by atoms with van der Waals surface area (Å²) in [6.07, 6.45) is 4.35. The molecule has 2 heterocycles. The van der Waals surface area contributed by atoms with E-state index in [1.54, 1.807) is 12.3 Å². The van der Waals surface area contributed by atoms with Crippen molar-refractivity contribution in [2.75, 3.05) is 6.61 Å². The molecule has 2 aromatic rings. The fourth-order valence-corrected chi connectivity index (χ4v) is 8.74. The Balaban J connectivity index is 1.38. The Labute approximate surface area is 234 Å². The standard InChI is InChI=1S/C33H37NO6/c1-17-15-32-18(2)13-23-25(30(23,3)4)22(26(32)35)14-19-16-38-31(5,6)40-28(19)33(32,37)27(17)39-29(36)21-11-12-34-24-10-8-7-9-20(21)24/h7-12,14-15,18,22-23,25,27-28,37H,13,16H2,1-6H3/t18?,22-,23+,25-,27-,28+,32?,33+/m0/s1. The van der Waals surface area contributed by atoms with Gasteiger partial charge in [0.15, 0.2) is 23.3 Å². The summed E-state index contributed by atoms with van der Waals surface area (Å²) in [6.45, 7) is 12.3. The summed E-state index contributed by atoms with van der Waals surface area (Å²) in [5, 5.41) is 13.8. The number of para-hydroxylation sites is 1. The number of allylic oxidation sites excluding steroid dienone is 1. The van der Waals surface area contributed by atoms with Gasteiger partial charge >= 0.3 is 5.97 Å². The predicted octanol–water partition coefficient (Wildman–Crippen LogP) is 5.03. The third-order valence-corrected chi connectivity index (χ3v) is 10.8. The largest absolute Gasteiger partial charge is 0.451 e. The lowest BCUT2D eigenvalue weighted by Crippen LogP contribution is -2.68. The number of aromatic nitrogens is 1. The van der Waals surface area contributed by atoms with Gasteiger partial charge < -0.3 is 19.3 Å². The first-order chi connectivity index (χ1) is 18.8. The van der Waals surface area contributed by atoms with Crippen LogP contribution in [0.1, 0.15) is 58.3 Å². The second-order valence-electron chi connectivity index (χ2n) is 13.7. The van der Waals surface area contributed by atoms with Crippen LogP contribution in [0.4, 0.5) is 0 Å². The third-order valence-electron chi connectivity index (χ3n) is 10.8. The van der Waals surface area contributed by atoms with Gasteiger partial charge in [0.1, 0.15) is 6.10 Å². The maximum absolute atomic E-state index is 14.8. The molecule has 3 fully saturated rings. The number of ether oxygens (including phenoxy) is 3. The van der Waals surface area contributed by atoms with E-state index in [1.165, 1.54) is 0 Å². The van der Waals surface area contributed by atoms with E-state index in [4.69, 9.17) is 14.2 Å². The van der Waals surface area contributed by atoms with Gasteiger partial charge in [0.05, 0.1) is 23.1 Å². The van der Waals surface area contributed by atoms with Crippen molar-refractivity contribution in [3.8, 4) is 0 Å². The van der Waals surface area contributed by atoms with Crippen molar-refractivity contribution in [1.82, 2.24) is 4.98 Å². The molecule has 4 aliphatic carbocycles. The second kappa shape index (κ2) is 8.11. The van der Waals surface area contributed by atoms with Crippen LogP contribution in [0.2, 0.25) is 0 Å². The molecule has 7 rings (SSSR count). The van der Waals surface area contributed by atoms with Crippen molar-refractivity contribution in [2.45, 2.75) is 71.6 Å². The minimum Gasteiger partial charge on any atom is -0.451 e. The first-order valence-corrected chi connectivity index (χ1v) is 14.4. The quantitative estimate of drug-likeness (QED) is 0.420. The first-order valence-electron chi connectivity index (χ1n) is 14.4. The number of nitrogens with zero attached hydrogens (tertiary/aromatic N) is 1. The van der Waals surface area contributed by atoms with Crippen LogP contribution in [0, 0.1) is 34.5 Å². The van der Waals surface area contributed by atoms with Crippen molar-refractivity contribution in [2.24, 2.45) is 34.5 Å². The van der Waals surface area contributed by atoms with Crippen LogP contribution in [-0.4, -0.2) is 52.0 Å². The lowest BCUT2D eigenvalue weighted by Gasteiger charge is -2.52. The summed E-state index contributed by atoms with van der Waals surface area (Å²) in [4.78, 5) is 33.0. The van der Waals surface area contributed by atoms with Gasteiger partial charge in [-0.3, -0.25) is 9.78 Å². The highest BCUT2D eigenvalue weighted by Gasteiger charge is 2.77. The fraction of sp³-hybridized carbons (Fsp3) is 0.545. The van der Waals surface area contributed by atoms with Gasteiger partial charge in [0.25, 0.3) is 0 Å². The molecule has 1 aromatic heterocycles. The maximum Gasteiger partial charge on any atom is 0.339 e. The third kappa shape index (κ3) is 3.20. The fourth-order valence-electron chi connectivity index (χ4n) is 8.74. The number of esters is 1. The Morgan fingerprint density at radius 2 is 1.90 bits per heavy atom. The van der Waals surface area contributed by atoms with Crippen molar-refractivity contribution in [1.29, 1.82) is 0 Å². The van der Waals surface area contributed by atoms with Crippen LogP contribution in [0.5, 0.6) is 0 Å². The molecule has 8 atom stereocenters. The van der Waals surface area contributed by atoms with Crippen LogP contribution >= 0.6 is 0 Å². The number of aliphatic hydroxyl groups is 1. The number of benzene rings is 1. The molecular formula is C33H37NO6. The van der Waals surface area contributed by atoms with E-state index in [9.17, 15) is 14.7 Å². The minimum absolute atomic E-state index is 0.00357. The molecule has 1 aliphatic heterocycles. The number of ketones is 1. The first kappa shape index (κ1) is 26.1. The van der Waals surface area contributed by atoms with Crippen LogP contribution in [-0.2, 0) is 19.0 Å². The summed E-state index contributed by atoms with van der Waals surface area (Å²) in [5.41, 5.74) is -0.624. The molecule has 1 N–H and O–H groups in total. The molecule has 1 spiro atoms. The van der Waals surface area contributed by atoms with Crippen molar-refractivity contribution < 1.29 is 28.9 Å². The predicted molar refractivity (Wildman–Crippen MR) is 148 cm³/mol. The molecule has 7 heteroatoms. The summed E-state index contributed by atoms with van der Waals surface area (Å²) < 4.78 is 18.8. The van der Waals surface area contributed by atoms with E-state index in [2.05, 4.69) is 25.8 Å². The monoisotopic (exact) mass is 543 g/mol. The van der Waals surface area contributed by atoms with Crippen LogP contribution < -0.4 is 0 Å². The molecule has 0 radical (unpaired) electrons. The van der Waals surface area contributed by atoms with Crippen molar-refractivity contribution in [3.63, 3.8) is 0 Å². The Hall–Kier alpha value is -2.87. The van der Waals surface area contributed by atoms with Crippen LogP contribution in [0.25, 0.3) is 10.9 Å². The van der Waals surface area contributed by atoms with E-state index in [-0.39, 0.29) is 35.6 Å².